The van der Waals surface area contributed by atoms with Crippen LogP contribution in [0.5, 0.6) is 0 Å². The van der Waals surface area contributed by atoms with Crippen molar-refractivity contribution < 1.29 is 92.1 Å². The number of hydrogen-bond donors (Lipinski definition) is 2. The Bertz CT molecular complexity index is 468. The summed E-state index contributed by atoms with van der Waals surface area (Å²) in [6.07, 6.45) is 40.4. The van der Waals surface area contributed by atoms with Crippen molar-refractivity contribution in [3.8, 4) is 0 Å². The molecule has 42 heavy (non-hydrogen) atoms. The number of carbonyl (C=O) groups is 2. The summed E-state index contributed by atoms with van der Waals surface area (Å²) in [5.74, 6) is -1.31. The first-order chi connectivity index (χ1) is 19.5. The van der Waals surface area contributed by atoms with Crippen LogP contribution in [0.1, 0.15) is 221 Å². The molecule has 2 N–H and O–H groups in total. The predicted molar refractivity (Wildman–Crippen MR) is 175 cm³/mol. The van der Waals surface area contributed by atoms with Gasteiger partial charge < -0.3 is 11.6 Å². The summed E-state index contributed by atoms with van der Waals surface area (Å²) < 4.78 is 0. The first kappa shape index (κ1) is 50.1. The molecular weight excluding hydrogens is 601 g/mol. The van der Waals surface area contributed by atoms with Crippen LogP contribution in [0.3, 0.4) is 0 Å². The minimum absolute atomic E-state index is 0. The molecule has 0 aromatic carbocycles. The van der Waals surface area contributed by atoms with Gasteiger partial charge in [0, 0.05) is 32.3 Å². The van der Waals surface area contributed by atoms with Crippen molar-refractivity contribution in [3.63, 3.8) is 0 Å². The number of rotatable bonds is 32. The smallest absolute Gasteiger partial charge is 1.00 e. The van der Waals surface area contributed by atoms with Crippen molar-refractivity contribution in [2.24, 2.45) is 0 Å². The first-order valence-corrected chi connectivity index (χ1v) is 18.0. The Morgan fingerprint density at radius 3 is 0.643 bits per heavy atom. The van der Waals surface area contributed by atoms with Gasteiger partial charge in [-0.3, -0.25) is 9.59 Å². The van der Waals surface area contributed by atoms with E-state index in [2.05, 4.69) is 13.8 Å². The van der Waals surface area contributed by atoms with Gasteiger partial charge in [-0.15, -0.1) is 0 Å². The van der Waals surface area contributed by atoms with Crippen LogP contribution in [0.4, 0.5) is 0 Å². The van der Waals surface area contributed by atoms with Crippen LogP contribution in [-0.4, -0.2) is 22.2 Å². The largest absolute Gasteiger partial charge is 1.00 e. The quantitative estimate of drug-likeness (QED) is 0.0551. The van der Waals surface area contributed by atoms with Crippen LogP contribution in [-0.2, 0) is 29.1 Å². The monoisotopic (exact) mass is 672 g/mol. The Morgan fingerprint density at radius 1 is 0.357 bits per heavy atom. The second-order valence-corrected chi connectivity index (χ2v) is 12.2. The fourth-order valence-electron chi connectivity index (χ4n) is 5.30. The molecule has 0 amide bonds. The molecule has 0 unspecified atom stereocenters. The zero-order valence-electron chi connectivity index (χ0n) is 30.0. The van der Waals surface area contributed by atoms with Gasteiger partial charge in [0.2, 0.25) is 0 Å². The molecule has 0 aliphatic rings. The van der Waals surface area contributed by atoms with E-state index in [0.717, 1.165) is 25.7 Å². The van der Waals surface area contributed by atoms with Gasteiger partial charge >= 0.3 is 63.3 Å². The molecular formula is C36H73KO4Zn. The third-order valence-electron chi connectivity index (χ3n) is 7.99. The number of aliphatic carboxylic acids is 2. The molecule has 6 heteroatoms. The van der Waals surface area contributed by atoms with E-state index in [0.29, 0.717) is 12.8 Å². The Morgan fingerprint density at radius 2 is 0.500 bits per heavy atom. The fourth-order valence-corrected chi connectivity index (χ4v) is 5.30. The molecule has 0 saturated carbocycles. The average molecular weight is 674 g/mol. The van der Waals surface area contributed by atoms with Gasteiger partial charge in [-0.1, -0.05) is 194 Å². The maximum atomic E-state index is 10.3. The maximum absolute atomic E-state index is 10.3. The van der Waals surface area contributed by atoms with E-state index in [-0.39, 0.29) is 72.3 Å². The Kier molecular flexibility index (Phi) is 55.6. The average Bonchev–Trinajstić information content (AvgIpc) is 2.93. The van der Waals surface area contributed by atoms with Gasteiger partial charge in [0.05, 0.1) is 0 Å². The van der Waals surface area contributed by atoms with Crippen molar-refractivity contribution in [2.75, 3.05) is 0 Å². The fraction of sp³-hybridized carbons (Fsp3) is 0.944. The van der Waals surface area contributed by atoms with Gasteiger partial charge in [-0.2, -0.15) is 0 Å². The minimum atomic E-state index is -0.653. The Labute approximate surface area is 320 Å². The Hall–Kier alpha value is 1.20. The van der Waals surface area contributed by atoms with E-state index in [1.165, 1.54) is 167 Å². The molecule has 0 fully saturated rings. The summed E-state index contributed by atoms with van der Waals surface area (Å²) in [5.41, 5.74) is 0. The third-order valence-corrected chi connectivity index (χ3v) is 7.99. The summed E-state index contributed by atoms with van der Waals surface area (Å²) in [4.78, 5) is 20.7. The van der Waals surface area contributed by atoms with Crippen molar-refractivity contribution >= 4 is 11.9 Å². The zero-order valence-corrected chi connectivity index (χ0v) is 35.1. The third kappa shape index (κ3) is 53.7. The molecule has 4 nitrogen and oxygen atoms in total. The summed E-state index contributed by atoms with van der Waals surface area (Å²) in [6, 6.07) is 0. The maximum Gasteiger partial charge on any atom is 1.00 e. The molecule has 0 bridgehead atoms. The topological polar surface area (TPSA) is 74.6 Å². The summed E-state index contributed by atoms with van der Waals surface area (Å²) >= 11 is 0. The van der Waals surface area contributed by atoms with E-state index in [4.69, 9.17) is 10.2 Å². The predicted octanol–water partition coefficient (Wildman–Crippen LogP) is 9.78. The molecule has 0 rings (SSSR count). The number of unbranched alkanes of at least 4 members (excludes halogenated alkanes) is 28. The zero-order chi connectivity index (χ0) is 29.8. The molecule has 0 saturated heterocycles. The molecule has 0 aromatic heterocycles. The molecule has 0 aliphatic carbocycles. The molecule has 0 aliphatic heterocycles. The molecule has 0 spiro atoms. The summed E-state index contributed by atoms with van der Waals surface area (Å²) in [5, 5.41) is 17.0. The minimum Gasteiger partial charge on any atom is -1.00 e. The first-order valence-electron chi connectivity index (χ1n) is 18.0. The van der Waals surface area contributed by atoms with Crippen molar-refractivity contribution in [2.45, 2.75) is 219 Å². The van der Waals surface area contributed by atoms with Gasteiger partial charge in [0.15, 0.2) is 0 Å². The van der Waals surface area contributed by atoms with Crippen LogP contribution in [0.2, 0.25) is 0 Å². The van der Waals surface area contributed by atoms with E-state index >= 15 is 0 Å². The van der Waals surface area contributed by atoms with E-state index in [1.54, 1.807) is 0 Å². The summed E-state index contributed by atoms with van der Waals surface area (Å²) in [6.45, 7) is 4.54. The molecule has 0 radical (unpaired) electrons. The van der Waals surface area contributed by atoms with Crippen molar-refractivity contribution in [1.29, 1.82) is 0 Å². The van der Waals surface area contributed by atoms with E-state index in [1.807, 2.05) is 0 Å². The van der Waals surface area contributed by atoms with Crippen LogP contribution in [0, 0.1) is 0 Å². The van der Waals surface area contributed by atoms with Crippen LogP contribution < -0.4 is 51.4 Å². The number of hydrogen-bond acceptors (Lipinski definition) is 2. The summed E-state index contributed by atoms with van der Waals surface area (Å²) in [7, 11) is 0. The normalized spacial score (nSPS) is 10.3. The van der Waals surface area contributed by atoms with E-state index < -0.39 is 11.9 Å². The Balaban J connectivity index is -0.000000209. The molecule has 0 aromatic rings. The van der Waals surface area contributed by atoms with Crippen LogP contribution >= 0.6 is 0 Å². The van der Waals surface area contributed by atoms with E-state index in [9.17, 15) is 9.59 Å². The molecule has 0 atom stereocenters. The van der Waals surface area contributed by atoms with Crippen molar-refractivity contribution in [3.05, 3.63) is 0 Å². The van der Waals surface area contributed by atoms with Gasteiger partial charge in [-0.25, -0.2) is 0 Å². The second kappa shape index (κ2) is 46.6. The number of carboxylic acid groups (broad SMARTS) is 2. The van der Waals surface area contributed by atoms with Gasteiger partial charge in [0.1, 0.15) is 0 Å². The number of carboxylic acids is 2. The van der Waals surface area contributed by atoms with Crippen LogP contribution in [0.25, 0.3) is 0 Å². The van der Waals surface area contributed by atoms with Crippen LogP contribution in [0.15, 0.2) is 0 Å². The second-order valence-electron chi connectivity index (χ2n) is 12.2. The molecule has 0 heterocycles. The van der Waals surface area contributed by atoms with Gasteiger partial charge in [0.25, 0.3) is 0 Å². The SMILES string of the molecule is CCCCCCCCCCCCCCCCCC(=O)O.CCCCCCCCCCCCCCCCCC(=O)O.[H-].[K+].[Zn]. The van der Waals surface area contributed by atoms with Crippen molar-refractivity contribution in [1.82, 2.24) is 0 Å². The standard InChI is InChI=1S/2C18H36O2.K.Zn.H/c2*1-2-3-4-5-6-7-8-9-10-11-12-13-14-15-16-17-18(19)20;;;/h2*2-17H2,1H3,(H,19,20);;;/q;;+1;;-1. The molecule has 244 valence electrons. The van der Waals surface area contributed by atoms with Gasteiger partial charge in [-0.05, 0) is 12.8 Å².